The van der Waals surface area contributed by atoms with Crippen LogP contribution in [0.15, 0.2) is 18.2 Å². The highest BCUT2D eigenvalue weighted by atomic mass is 35.5. The van der Waals surface area contributed by atoms with Gasteiger partial charge >= 0.3 is 0 Å². The van der Waals surface area contributed by atoms with E-state index in [2.05, 4.69) is 0 Å². The van der Waals surface area contributed by atoms with Gasteiger partial charge in [-0.25, -0.2) is 0 Å². The molecular weight excluding hydrogens is 200 g/mol. The lowest BCUT2D eigenvalue weighted by Crippen LogP contribution is -2.09. The van der Waals surface area contributed by atoms with Crippen LogP contribution in [0.25, 0.3) is 0 Å². The topological polar surface area (TPSA) is 29.5 Å². The molecule has 78 valence electrons. The van der Waals surface area contributed by atoms with Gasteiger partial charge in [0, 0.05) is 5.56 Å². The molecule has 0 saturated carbocycles. The molecule has 2 atom stereocenters. The molecular formula is C11H15ClO2. The van der Waals surface area contributed by atoms with Crippen molar-refractivity contribution >= 4 is 11.6 Å². The number of alkyl halides is 1. The van der Waals surface area contributed by atoms with E-state index in [1.165, 1.54) is 0 Å². The molecule has 3 heteroatoms. The molecule has 0 heterocycles. The normalized spacial score (nSPS) is 14.9. The number of benzene rings is 1. The fourth-order valence-electron chi connectivity index (χ4n) is 1.33. The summed E-state index contributed by atoms with van der Waals surface area (Å²) in [7, 11) is 1.58. The molecule has 14 heavy (non-hydrogen) atoms. The Morgan fingerprint density at radius 2 is 2.07 bits per heavy atom. The Labute approximate surface area is 89.5 Å². The van der Waals surface area contributed by atoms with Crippen molar-refractivity contribution in [3.05, 3.63) is 29.3 Å². The Kier molecular flexibility index (Phi) is 3.78. The minimum absolute atomic E-state index is 0.328. The second-order valence-corrected chi connectivity index (χ2v) is 4.06. The highest BCUT2D eigenvalue weighted by molar-refractivity contribution is 6.20. The third-order valence-corrected chi connectivity index (χ3v) is 2.38. The fraction of sp³-hybridized carbons (Fsp3) is 0.455. The number of aliphatic hydroxyl groups excluding tert-OH is 1. The average Bonchev–Trinajstić information content (AvgIpc) is 2.16. The van der Waals surface area contributed by atoms with Crippen LogP contribution in [0.4, 0.5) is 0 Å². The monoisotopic (exact) mass is 214 g/mol. The van der Waals surface area contributed by atoms with Crippen LogP contribution < -0.4 is 4.74 Å². The summed E-state index contributed by atoms with van der Waals surface area (Å²) in [6.07, 6.45) is -0.688. The highest BCUT2D eigenvalue weighted by Crippen LogP contribution is 2.29. The Hall–Kier alpha value is -0.730. The van der Waals surface area contributed by atoms with E-state index in [-0.39, 0.29) is 5.38 Å². The van der Waals surface area contributed by atoms with Gasteiger partial charge in [0.05, 0.1) is 18.6 Å². The SMILES string of the molecule is COc1ccc(C)cc1C(O)C(C)Cl. The van der Waals surface area contributed by atoms with Crippen molar-refractivity contribution in [3.8, 4) is 5.75 Å². The van der Waals surface area contributed by atoms with Crippen molar-refractivity contribution in [2.24, 2.45) is 0 Å². The number of hydrogen-bond donors (Lipinski definition) is 1. The maximum Gasteiger partial charge on any atom is 0.124 e. The summed E-state index contributed by atoms with van der Waals surface area (Å²) in [6, 6.07) is 5.67. The molecule has 2 nitrogen and oxygen atoms in total. The number of ether oxygens (including phenoxy) is 1. The van der Waals surface area contributed by atoms with Crippen LogP contribution in [0.1, 0.15) is 24.2 Å². The highest BCUT2D eigenvalue weighted by Gasteiger charge is 2.18. The van der Waals surface area contributed by atoms with Crippen molar-refractivity contribution in [2.75, 3.05) is 7.11 Å². The molecule has 0 aliphatic heterocycles. The van der Waals surface area contributed by atoms with E-state index in [9.17, 15) is 5.11 Å². The summed E-state index contributed by atoms with van der Waals surface area (Å²) in [6.45, 7) is 3.72. The van der Waals surface area contributed by atoms with E-state index >= 15 is 0 Å². The van der Waals surface area contributed by atoms with Crippen LogP contribution in [0.2, 0.25) is 0 Å². The van der Waals surface area contributed by atoms with Gasteiger partial charge < -0.3 is 9.84 Å². The Balaban J connectivity index is 3.10. The molecule has 0 aliphatic carbocycles. The molecule has 0 aliphatic rings. The molecule has 1 aromatic rings. The van der Waals surface area contributed by atoms with E-state index < -0.39 is 6.10 Å². The standard InChI is InChI=1S/C11H15ClO2/c1-7-4-5-10(14-3)9(6-7)11(13)8(2)12/h4-6,8,11,13H,1-3H3. The van der Waals surface area contributed by atoms with Gasteiger partial charge in [0.2, 0.25) is 0 Å². The van der Waals surface area contributed by atoms with Crippen molar-refractivity contribution < 1.29 is 9.84 Å². The number of halogens is 1. The molecule has 0 spiro atoms. The van der Waals surface area contributed by atoms with Crippen molar-refractivity contribution in [1.82, 2.24) is 0 Å². The van der Waals surface area contributed by atoms with Crippen LogP contribution in [0, 0.1) is 6.92 Å². The van der Waals surface area contributed by atoms with Crippen LogP contribution in [0.5, 0.6) is 5.75 Å². The van der Waals surface area contributed by atoms with E-state index in [0.717, 1.165) is 11.1 Å². The van der Waals surface area contributed by atoms with Crippen LogP contribution >= 0.6 is 11.6 Å². The second-order valence-electron chi connectivity index (χ2n) is 3.37. The van der Waals surface area contributed by atoms with E-state index in [0.29, 0.717) is 5.75 Å². The zero-order valence-corrected chi connectivity index (χ0v) is 9.38. The molecule has 0 radical (unpaired) electrons. The average molecular weight is 215 g/mol. The summed E-state index contributed by atoms with van der Waals surface area (Å²) in [5, 5.41) is 9.49. The smallest absolute Gasteiger partial charge is 0.124 e. The molecule has 1 rings (SSSR count). The third-order valence-electron chi connectivity index (χ3n) is 2.14. The number of aliphatic hydroxyl groups is 1. The summed E-state index contributed by atoms with van der Waals surface area (Å²) < 4.78 is 5.15. The van der Waals surface area contributed by atoms with E-state index in [4.69, 9.17) is 16.3 Å². The lowest BCUT2D eigenvalue weighted by Gasteiger charge is -2.17. The van der Waals surface area contributed by atoms with E-state index in [1.807, 2.05) is 25.1 Å². The lowest BCUT2D eigenvalue weighted by atomic mass is 10.0. The fourth-order valence-corrected chi connectivity index (χ4v) is 1.47. The maximum absolute atomic E-state index is 9.82. The summed E-state index contributed by atoms with van der Waals surface area (Å²) in [4.78, 5) is 0. The van der Waals surface area contributed by atoms with Gasteiger partial charge in [-0.3, -0.25) is 0 Å². The van der Waals surface area contributed by atoms with Crippen LogP contribution in [-0.2, 0) is 0 Å². The molecule has 0 aromatic heterocycles. The maximum atomic E-state index is 9.82. The van der Waals surface area contributed by atoms with Crippen molar-refractivity contribution in [3.63, 3.8) is 0 Å². The number of aryl methyl sites for hydroxylation is 1. The number of rotatable bonds is 3. The lowest BCUT2D eigenvalue weighted by molar-refractivity contribution is 0.173. The molecule has 0 fully saturated rings. The molecule has 0 saturated heterocycles. The van der Waals surface area contributed by atoms with Gasteiger partial charge in [0.1, 0.15) is 5.75 Å². The van der Waals surface area contributed by atoms with Gasteiger partial charge in [-0.1, -0.05) is 11.6 Å². The first kappa shape index (κ1) is 11.3. The third kappa shape index (κ3) is 2.40. The summed E-state index contributed by atoms with van der Waals surface area (Å²) in [5.41, 5.74) is 1.83. The molecule has 1 aromatic carbocycles. The van der Waals surface area contributed by atoms with Crippen molar-refractivity contribution in [1.29, 1.82) is 0 Å². The first-order chi connectivity index (χ1) is 6.56. The quantitative estimate of drug-likeness (QED) is 0.784. The van der Waals surface area contributed by atoms with Gasteiger partial charge in [-0.2, -0.15) is 0 Å². The van der Waals surface area contributed by atoms with Gasteiger partial charge in [-0.15, -0.1) is 11.6 Å². The predicted octanol–water partition coefficient (Wildman–Crippen LogP) is 2.66. The summed E-state index contributed by atoms with van der Waals surface area (Å²) >= 11 is 5.84. The van der Waals surface area contributed by atoms with Crippen molar-refractivity contribution in [2.45, 2.75) is 25.3 Å². The van der Waals surface area contributed by atoms with Gasteiger partial charge in [0.25, 0.3) is 0 Å². The number of hydrogen-bond acceptors (Lipinski definition) is 2. The van der Waals surface area contributed by atoms with Gasteiger partial charge in [-0.05, 0) is 26.0 Å². The Morgan fingerprint density at radius 1 is 1.43 bits per heavy atom. The largest absolute Gasteiger partial charge is 0.496 e. The molecule has 0 bridgehead atoms. The Bertz CT molecular complexity index is 310. The molecule has 2 unspecified atom stereocenters. The first-order valence-corrected chi connectivity index (χ1v) is 4.96. The van der Waals surface area contributed by atoms with Crippen LogP contribution in [-0.4, -0.2) is 17.6 Å². The first-order valence-electron chi connectivity index (χ1n) is 4.53. The van der Waals surface area contributed by atoms with Gasteiger partial charge in [0.15, 0.2) is 0 Å². The van der Waals surface area contributed by atoms with Crippen LogP contribution in [0.3, 0.4) is 0 Å². The van der Waals surface area contributed by atoms with E-state index in [1.54, 1.807) is 14.0 Å². The Morgan fingerprint density at radius 3 is 2.57 bits per heavy atom. The molecule has 1 N–H and O–H groups in total. The zero-order valence-electron chi connectivity index (χ0n) is 8.62. The zero-order chi connectivity index (χ0) is 10.7. The second kappa shape index (κ2) is 4.67. The summed E-state index contributed by atoms with van der Waals surface area (Å²) in [5.74, 6) is 0.676. The number of methoxy groups -OCH3 is 1. The minimum Gasteiger partial charge on any atom is -0.496 e. The predicted molar refractivity (Wildman–Crippen MR) is 58.0 cm³/mol. The molecule has 0 amide bonds. The minimum atomic E-state index is -0.688.